The molecule has 4 aromatic carbocycles. The molecule has 0 unspecified atom stereocenters. The highest BCUT2D eigenvalue weighted by atomic mass is 32.3. The van der Waals surface area contributed by atoms with Crippen LogP contribution in [0, 0.1) is 23.3 Å². The van der Waals surface area contributed by atoms with Crippen LogP contribution in [0.3, 0.4) is 0 Å². The van der Waals surface area contributed by atoms with Crippen LogP contribution >= 0.6 is 94.1 Å². The second-order valence-electron chi connectivity index (χ2n) is 8.36. The van der Waals surface area contributed by atoms with Gasteiger partial charge in [-0.3, -0.25) is 0 Å². The molecule has 42 heavy (non-hydrogen) atoms. The van der Waals surface area contributed by atoms with Crippen molar-refractivity contribution in [3.63, 3.8) is 0 Å². The van der Waals surface area contributed by atoms with Crippen LogP contribution in [0.1, 0.15) is 0 Å². The van der Waals surface area contributed by atoms with Crippen molar-refractivity contribution in [2.24, 2.45) is 0 Å². The van der Waals surface area contributed by atoms with Gasteiger partial charge in [0.05, 0.1) is 25.4 Å². The molecule has 0 amide bonds. The zero-order valence-electron chi connectivity index (χ0n) is 21.0. The maximum atomic E-state index is 13.6. The van der Waals surface area contributed by atoms with Crippen molar-refractivity contribution >= 4 is 94.1 Å². The number of benzene rings is 4. The summed E-state index contributed by atoms with van der Waals surface area (Å²) in [5.41, 5.74) is 0. The molecule has 6 rings (SSSR count). The van der Waals surface area contributed by atoms with Crippen LogP contribution in [0.25, 0.3) is 0 Å². The molecule has 2 heterocycles. The molecule has 212 valence electrons. The fourth-order valence-corrected chi connectivity index (χ4v) is 14.8. The zero-order valence-corrected chi connectivity index (χ0v) is 27.5. The number of hydrogen-bond donors (Lipinski definition) is 0. The molecule has 4 aromatic rings. The van der Waals surface area contributed by atoms with E-state index < -0.39 is 0 Å². The average molecular weight is 709 g/mol. The van der Waals surface area contributed by atoms with Gasteiger partial charge in [0.15, 0.2) is 0 Å². The van der Waals surface area contributed by atoms with Gasteiger partial charge in [-0.15, -0.1) is 0 Å². The summed E-state index contributed by atoms with van der Waals surface area (Å²) in [6, 6.07) is 25.7. The molecule has 0 saturated heterocycles. The van der Waals surface area contributed by atoms with Crippen LogP contribution in [-0.4, -0.2) is 0 Å². The van der Waals surface area contributed by atoms with E-state index in [4.69, 9.17) is 0 Å². The van der Waals surface area contributed by atoms with Gasteiger partial charge in [0.1, 0.15) is 23.3 Å². The lowest BCUT2D eigenvalue weighted by Gasteiger charge is -2.05. The first-order valence-electron chi connectivity index (χ1n) is 12.1. The van der Waals surface area contributed by atoms with E-state index in [2.05, 4.69) is 0 Å². The monoisotopic (exact) mass is 708 g/mol. The first-order chi connectivity index (χ1) is 20.4. The van der Waals surface area contributed by atoms with Crippen LogP contribution < -0.4 is 0 Å². The second-order valence-corrected chi connectivity index (χ2v) is 18.3. The molecule has 2 aliphatic heterocycles. The van der Waals surface area contributed by atoms with Crippen molar-refractivity contribution in [2.45, 2.75) is 19.6 Å². The van der Waals surface area contributed by atoms with E-state index in [1.165, 1.54) is 48.5 Å². The fraction of sp³-hybridized carbons (Fsp3) is 0. The molecule has 0 aromatic heterocycles. The van der Waals surface area contributed by atoms with E-state index in [1.54, 1.807) is 143 Å². The third-order valence-electron chi connectivity index (χ3n) is 5.34. The Labute approximate surface area is 274 Å². The Morgan fingerprint density at radius 2 is 0.500 bits per heavy atom. The van der Waals surface area contributed by atoms with Gasteiger partial charge in [-0.05, 0) is 97.1 Å². The molecular formula is C30H16F4S8. The fourth-order valence-electron chi connectivity index (χ4n) is 3.40. The van der Waals surface area contributed by atoms with Crippen molar-refractivity contribution in [3.05, 3.63) is 146 Å². The zero-order chi connectivity index (χ0) is 29.1. The normalized spacial score (nSPS) is 15.3. The summed E-state index contributed by atoms with van der Waals surface area (Å²) in [6.07, 6.45) is 0. The summed E-state index contributed by atoms with van der Waals surface area (Å²) in [7, 11) is 0. The lowest BCUT2D eigenvalue weighted by Crippen LogP contribution is -1.77. The Morgan fingerprint density at radius 1 is 0.310 bits per heavy atom. The van der Waals surface area contributed by atoms with Crippen molar-refractivity contribution in [3.8, 4) is 0 Å². The molecule has 0 spiro atoms. The SMILES string of the molecule is Fc1ccc(SC2=C(Sc3ccc(F)cc3)SC(=C3SC(Sc4ccc(F)cc4)=C(Sc4ccc(F)cc4)S3)S2)cc1. The highest BCUT2D eigenvalue weighted by Gasteiger charge is 2.32. The maximum Gasteiger partial charge on any atom is 0.123 e. The van der Waals surface area contributed by atoms with Gasteiger partial charge in [-0.2, -0.15) is 0 Å². The van der Waals surface area contributed by atoms with E-state index >= 15 is 0 Å². The van der Waals surface area contributed by atoms with Gasteiger partial charge in [0.2, 0.25) is 0 Å². The summed E-state index contributed by atoms with van der Waals surface area (Å²) >= 11 is 13.0. The third-order valence-corrected chi connectivity index (χ3v) is 16.6. The van der Waals surface area contributed by atoms with Crippen LogP contribution in [0.2, 0.25) is 0 Å². The van der Waals surface area contributed by atoms with E-state index in [0.29, 0.717) is 0 Å². The largest absolute Gasteiger partial charge is 0.207 e. The van der Waals surface area contributed by atoms with Crippen molar-refractivity contribution in [2.75, 3.05) is 0 Å². The first-order valence-corrected chi connectivity index (χ1v) is 18.6. The lowest BCUT2D eigenvalue weighted by molar-refractivity contribution is 0.626. The van der Waals surface area contributed by atoms with Crippen LogP contribution in [-0.2, 0) is 0 Å². The van der Waals surface area contributed by atoms with Crippen molar-refractivity contribution < 1.29 is 17.6 Å². The number of hydrogen-bond acceptors (Lipinski definition) is 8. The highest BCUT2D eigenvalue weighted by Crippen LogP contribution is 2.68. The molecule has 0 fully saturated rings. The number of thioether (sulfide) groups is 8. The Bertz CT molecular complexity index is 1430. The molecule has 0 nitrogen and oxygen atoms in total. The Kier molecular flexibility index (Phi) is 10.3. The number of halogens is 4. The van der Waals surface area contributed by atoms with E-state index in [-0.39, 0.29) is 23.3 Å². The topological polar surface area (TPSA) is 0 Å². The van der Waals surface area contributed by atoms with Crippen LogP contribution in [0.5, 0.6) is 0 Å². The summed E-state index contributed by atoms with van der Waals surface area (Å²) < 4.78 is 60.8. The molecule has 0 aliphatic carbocycles. The quantitative estimate of drug-likeness (QED) is 0.164. The van der Waals surface area contributed by atoms with Gasteiger partial charge < -0.3 is 0 Å². The number of rotatable bonds is 8. The minimum absolute atomic E-state index is 0.285. The third kappa shape index (κ3) is 8.01. The summed E-state index contributed by atoms with van der Waals surface area (Å²) in [5, 5.41) is 0. The molecule has 0 N–H and O–H groups in total. The molecular weight excluding hydrogens is 693 g/mol. The van der Waals surface area contributed by atoms with Crippen LogP contribution in [0.4, 0.5) is 17.6 Å². The lowest BCUT2D eigenvalue weighted by atomic mass is 10.4. The first kappa shape index (κ1) is 30.6. The minimum atomic E-state index is -0.285. The van der Waals surface area contributed by atoms with Gasteiger partial charge in [0.25, 0.3) is 0 Å². The smallest absolute Gasteiger partial charge is 0.123 e. The Hall–Kier alpha value is -1.38. The summed E-state index contributed by atoms with van der Waals surface area (Å²) in [5.74, 6) is -1.14. The van der Waals surface area contributed by atoms with E-state index in [9.17, 15) is 17.6 Å². The predicted molar refractivity (Wildman–Crippen MR) is 180 cm³/mol. The summed E-state index contributed by atoms with van der Waals surface area (Å²) in [6.45, 7) is 0. The van der Waals surface area contributed by atoms with Crippen LogP contribution in [0.15, 0.2) is 142 Å². The summed E-state index contributed by atoms with van der Waals surface area (Å²) in [4.78, 5) is 3.70. The van der Waals surface area contributed by atoms with E-state index in [1.807, 2.05) is 0 Å². The molecule has 0 atom stereocenters. The van der Waals surface area contributed by atoms with Gasteiger partial charge in [-0.1, -0.05) is 94.1 Å². The predicted octanol–water partition coefficient (Wildman–Crippen LogP) is 13.1. The Balaban J connectivity index is 1.28. The van der Waals surface area contributed by atoms with E-state index in [0.717, 1.165) is 45.0 Å². The highest BCUT2D eigenvalue weighted by molar-refractivity contribution is 8.45. The van der Waals surface area contributed by atoms with Gasteiger partial charge in [0, 0.05) is 19.6 Å². The Morgan fingerprint density at radius 3 is 0.690 bits per heavy atom. The standard InChI is InChI=1S/C30H16F4S8/c31-17-1-9-21(10-2-17)35-25-26(36-22-11-3-18(32)4-12-22)40-29(39-25)30-41-27(37-23-13-5-19(33)6-14-23)28(42-30)38-24-15-7-20(34)8-16-24/h1-16H. The van der Waals surface area contributed by atoms with Crippen molar-refractivity contribution in [1.82, 2.24) is 0 Å². The van der Waals surface area contributed by atoms with Gasteiger partial charge >= 0.3 is 0 Å². The minimum Gasteiger partial charge on any atom is -0.207 e. The average Bonchev–Trinajstić information content (AvgIpc) is 3.57. The molecule has 0 radical (unpaired) electrons. The van der Waals surface area contributed by atoms with Gasteiger partial charge in [-0.25, -0.2) is 17.6 Å². The molecule has 0 bridgehead atoms. The maximum absolute atomic E-state index is 13.6. The molecule has 2 aliphatic rings. The molecule has 0 saturated carbocycles. The van der Waals surface area contributed by atoms with Crippen molar-refractivity contribution in [1.29, 1.82) is 0 Å². The second kappa shape index (κ2) is 14.2. The molecule has 12 heteroatoms.